The summed E-state index contributed by atoms with van der Waals surface area (Å²) in [7, 11) is 0. The molecule has 0 aliphatic rings. The second kappa shape index (κ2) is 5.48. The van der Waals surface area contributed by atoms with E-state index in [9.17, 15) is 4.79 Å². The van der Waals surface area contributed by atoms with Gasteiger partial charge in [0.2, 0.25) is 0 Å². The van der Waals surface area contributed by atoms with Crippen LogP contribution < -0.4 is 4.74 Å². The van der Waals surface area contributed by atoms with Gasteiger partial charge in [-0.2, -0.15) is 0 Å². The van der Waals surface area contributed by atoms with E-state index in [2.05, 4.69) is 9.97 Å². The zero-order valence-electron chi connectivity index (χ0n) is 10.8. The van der Waals surface area contributed by atoms with Gasteiger partial charge in [0, 0.05) is 12.4 Å². The molecule has 0 fully saturated rings. The second-order valence-corrected chi connectivity index (χ2v) is 4.20. The van der Waals surface area contributed by atoms with Crippen molar-refractivity contribution in [2.45, 2.75) is 20.5 Å². The molecule has 0 atom stereocenters. The highest BCUT2D eigenvalue weighted by Crippen LogP contribution is 2.25. The number of rotatable bonds is 4. The minimum absolute atomic E-state index is 0.259. The largest absolute Gasteiger partial charge is 0.485 e. The van der Waals surface area contributed by atoms with Gasteiger partial charge in [0.15, 0.2) is 5.82 Å². The van der Waals surface area contributed by atoms with Crippen molar-refractivity contribution < 1.29 is 14.6 Å². The predicted molar refractivity (Wildman–Crippen MR) is 69.2 cm³/mol. The summed E-state index contributed by atoms with van der Waals surface area (Å²) in [5.74, 6) is 0.324. The van der Waals surface area contributed by atoms with Crippen LogP contribution in [-0.4, -0.2) is 21.0 Å². The molecule has 0 aliphatic heterocycles. The van der Waals surface area contributed by atoms with Crippen LogP contribution in [0.3, 0.4) is 0 Å². The molecule has 98 valence electrons. The van der Waals surface area contributed by atoms with Gasteiger partial charge in [-0.25, -0.2) is 14.8 Å². The molecule has 0 aliphatic carbocycles. The number of carboxylic acids is 1. The Morgan fingerprint density at radius 1 is 1.21 bits per heavy atom. The molecule has 2 aromatic rings. The fourth-order valence-electron chi connectivity index (χ4n) is 1.84. The van der Waals surface area contributed by atoms with Crippen molar-refractivity contribution >= 4 is 5.97 Å². The number of benzene rings is 1. The molecular formula is C14H14N2O3. The lowest BCUT2D eigenvalue weighted by Gasteiger charge is -2.12. The lowest BCUT2D eigenvalue weighted by atomic mass is 10.1. The zero-order chi connectivity index (χ0) is 13.8. The van der Waals surface area contributed by atoms with Crippen LogP contribution in [0.25, 0.3) is 0 Å². The average Bonchev–Trinajstić information content (AvgIpc) is 2.38. The van der Waals surface area contributed by atoms with Crippen molar-refractivity contribution in [1.29, 1.82) is 0 Å². The van der Waals surface area contributed by atoms with E-state index in [4.69, 9.17) is 9.84 Å². The van der Waals surface area contributed by atoms with Crippen LogP contribution in [-0.2, 0) is 6.61 Å². The maximum atomic E-state index is 10.9. The number of hydrogen-bond acceptors (Lipinski definition) is 4. The molecule has 5 nitrogen and oxygen atoms in total. The molecule has 1 N–H and O–H groups in total. The van der Waals surface area contributed by atoms with E-state index in [1.54, 1.807) is 30.6 Å². The van der Waals surface area contributed by atoms with Gasteiger partial charge in [0.05, 0.1) is 5.56 Å². The van der Waals surface area contributed by atoms with E-state index in [1.165, 1.54) is 0 Å². The number of carboxylic acid groups (broad SMARTS) is 1. The molecule has 2 rings (SSSR count). The summed E-state index contributed by atoms with van der Waals surface area (Å²) >= 11 is 0. The van der Waals surface area contributed by atoms with Crippen molar-refractivity contribution in [2.75, 3.05) is 0 Å². The van der Waals surface area contributed by atoms with Gasteiger partial charge in [-0.3, -0.25) is 0 Å². The van der Waals surface area contributed by atoms with Crippen LogP contribution in [0.4, 0.5) is 0 Å². The standard InChI is InChI=1S/C14H14N2O3/c1-9-6-11(14(17)18)7-10(2)13(9)19-8-12-15-4-3-5-16-12/h3-7H,8H2,1-2H3,(H,17,18). The van der Waals surface area contributed by atoms with Crippen molar-refractivity contribution in [1.82, 2.24) is 9.97 Å². The molecule has 0 unspecified atom stereocenters. The summed E-state index contributed by atoms with van der Waals surface area (Å²) in [4.78, 5) is 19.1. The molecule has 1 aromatic carbocycles. The maximum absolute atomic E-state index is 10.9. The maximum Gasteiger partial charge on any atom is 0.335 e. The number of aryl methyl sites for hydroxylation is 2. The summed E-state index contributed by atoms with van der Waals surface area (Å²) in [6, 6.07) is 4.93. The van der Waals surface area contributed by atoms with Crippen LogP contribution in [0.15, 0.2) is 30.6 Å². The Balaban J connectivity index is 2.19. The molecular weight excluding hydrogens is 244 g/mol. The molecule has 0 saturated carbocycles. The van der Waals surface area contributed by atoms with Gasteiger partial charge in [-0.15, -0.1) is 0 Å². The van der Waals surface area contributed by atoms with Crippen LogP contribution in [0.5, 0.6) is 5.75 Å². The predicted octanol–water partition coefficient (Wildman–Crippen LogP) is 2.37. The lowest BCUT2D eigenvalue weighted by molar-refractivity contribution is 0.0696. The van der Waals surface area contributed by atoms with E-state index in [1.807, 2.05) is 13.8 Å². The Labute approximate surface area is 110 Å². The third-order valence-corrected chi connectivity index (χ3v) is 2.67. The van der Waals surface area contributed by atoms with E-state index in [-0.39, 0.29) is 12.2 Å². The third-order valence-electron chi connectivity index (χ3n) is 2.67. The highest BCUT2D eigenvalue weighted by molar-refractivity contribution is 5.88. The number of nitrogens with zero attached hydrogens (tertiary/aromatic N) is 2. The van der Waals surface area contributed by atoms with Crippen LogP contribution >= 0.6 is 0 Å². The summed E-state index contributed by atoms with van der Waals surface area (Å²) < 4.78 is 5.67. The highest BCUT2D eigenvalue weighted by atomic mass is 16.5. The lowest BCUT2D eigenvalue weighted by Crippen LogP contribution is -2.04. The first kappa shape index (κ1) is 13.0. The number of aromatic nitrogens is 2. The van der Waals surface area contributed by atoms with Gasteiger partial charge < -0.3 is 9.84 Å². The first-order valence-electron chi connectivity index (χ1n) is 5.81. The normalized spacial score (nSPS) is 10.2. The molecule has 5 heteroatoms. The average molecular weight is 258 g/mol. The van der Waals surface area contributed by atoms with Crippen molar-refractivity contribution in [2.24, 2.45) is 0 Å². The fraction of sp³-hybridized carbons (Fsp3) is 0.214. The Bertz CT molecular complexity index is 574. The van der Waals surface area contributed by atoms with Gasteiger partial charge in [-0.1, -0.05) is 0 Å². The summed E-state index contributed by atoms with van der Waals surface area (Å²) in [5, 5.41) is 8.97. The summed E-state index contributed by atoms with van der Waals surface area (Å²) in [6.45, 7) is 3.90. The molecule has 19 heavy (non-hydrogen) atoms. The number of ether oxygens (including phenoxy) is 1. The Morgan fingerprint density at radius 2 is 1.79 bits per heavy atom. The quantitative estimate of drug-likeness (QED) is 0.911. The molecule has 0 amide bonds. The van der Waals surface area contributed by atoms with Crippen molar-refractivity contribution in [3.8, 4) is 5.75 Å². The van der Waals surface area contributed by atoms with E-state index >= 15 is 0 Å². The molecule has 1 heterocycles. The molecule has 1 aromatic heterocycles. The van der Waals surface area contributed by atoms with Gasteiger partial charge in [-0.05, 0) is 43.2 Å². The number of aromatic carboxylic acids is 1. The van der Waals surface area contributed by atoms with E-state index in [0.29, 0.717) is 11.6 Å². The minimum atomic E-state index is -0.941. The van der Waals surface area contributed by atoms with Gasteiger partial charge >= 0.3 is 5.97 Å². The zero-order valence-corrected chi connectivity index (χ0v) is 10.8. The Morgan fingerprint density at radius 3 is 2.32 bits per heavy atom. The highest BCUT2D eigenvalue weighted by Gasteiger charge is 2.11. The first-order chi connectivity index (χ1) is 9.08. The molecule has 0 saturated heterocycles. The molecule has 0 radical (unpaired) electrons. The van der Waals surface area contributed by atoms with Crippen LogP contribution in [0, 0.1) is 13.8 Å². The smallest absolute Gasteiger partial charge is 0.335 e. The third kappa shape index (κ3) is 3.07. The van der Waals surface area contributed by atoms with Crippen LogP contribution in [0.2, 0.25) is 0 Å². The summed E-state index contributed by atoms with van der Waals surface area (Å²) in [5.41, 5.74) is 1.83. The molecule has 0 bridgehead atoms. The van der Waals surface area contributed by atoms with Crippen molar-refractivity contribution in [3.05, 3.63) is 53.1 Å². The Hall–Kier alpha value is -2.43. The van der Waals surface area contributed by atoms with Crippen LogP contribution in [0.1, 0.15) is 27.3 Å². The van der Waals surface area contributed by atoms with Gasteiger partial charge in [0.1, 0.15) is 12.4 Å². The topological polar surface area (TPSA) is 72.3 Å². The van der Waals surface area contributed by atoms with E-state index < -0.39 is 5.97 Å². The van der Waals surface area contributed by atoms with Gasteiger partial charge in [0.25, 0.3) is 0 Å². The number of carbonyl (C=O) groups is 1. The SMILES string of the molecule is Cc1cc(C(=O)O)cc(C)c1OCc1ncccn1. The van der Waals surface area contributed by atoms with Crippen molar-refractivity contribution in [3.63, 3.8) is 0 Å². The van der Waals surface area contributed by atoms with E-state index in [0.717, 1.165) is 11.1 Å². The monoisotopic (exact) mass is 258 g/mol. The Kier molecular flexibility index (Phi) is 3.75. The minimum Gasteiger partial charge on any atom is -0.485 e. The fourth-order valence-corrected chi connectivity index (χ4v) is 1.84. The first-order valence-corrected chi connectivity index (χ1v) is 5.81. The molecule has 0 spiro atoms. The number of hydrogen-bond donors (Lipinski definition) is 1. The summed E-state index contributed by atoms with van der Waals surface area (Å²) in [6.07, 6.45) is 3.30. The second-order valence-electron chi connectivity index (χ2n) is 4.20.